The fraction of sp³-hybridized carbons (Fsp3) is 0.538. The highest BCUT2D eigenvalue weighted by Crippen LogP contribution is 2.22. The molecule has 0 saturated heterocycles. The average Bonchev–Trinajstić information content (AvgIpc) is 3.05. The van der Waals surface area contributed by atoms with E-state index in [9.17, 15) is 0 Å². The SMILES string of the molecule is CC(C)n1c(CNC2CC2)nc2cnccc21. The van der Waals surface area contributed by atoms with E-state index in [1.54, 1.807) is 0 Å². The second-order valence-corrected chi connectivity index (χ2v) is 5.01. The van der Waals surface area contributed by atoms with Crippen molar-refractivity contribution in [3.63, 3.8) is 0 Å². The predicted molar refractivity (Wildman–Crippen MR) is 67.8 cm³/mol. The molecule has 2 heterocycles. The van der Waals surface area contributed by atoms with Crippen molar-refractivity contribution in [1.29, 1.82) is 0 Å². The van der Waals surface area contributed by atoms with Crippen molar-refractivity contribution in [2.75, 3.05) is 0 Å². The molecule has 1 aliphatic rings. The molecule has 4 heteroatoms. The van der Waals surface area contributed by atoms with Crippen molar-refractivity contribution in [3.8, 4) is 0 Å². The Kier molecular flexibility index (Phi) is 2.59. The zero-order chi connectivity index (χ0) is 11.8. The van der Waals surface area contributed by atoms with E-state index in [2.05, 4.69) is 33.7 Å². The molecule has 0 amide bonds. The van der Waals surface area contributed by atoms with Crippen LogP contribution in [0.15, 0.2) is 18.5 Å². The molecule has 3 rings (SSSR count). The maximum Gasteiger partial charge on any atom is 0.124 e. The maximum absolute atomic E-state index is 4.67. The van der Waals surface area contributed by atoms with Crippen LogP contribution in [0.3, 0.4) is 0 Å². The highest BCUT2D eigenvalue weighted by Gasteiger charge is 2.21. The standard InChI is InChI=1S/C13H18N4/c1-9(2)17-12-5-6-14-7-11(12)16-13(17)8-15-10-3-4-10/h5-7,9-10,15H,3-4,8H2,1-2H3. The van der Waals surface area contributed by atoms with Crippen molar-refractivity contribution in [2.24, 2.45) is 0 Å². The van der Waals surface area contributed by atoms with E-state index in [-0.39, 0.29) is 0 Å². The van der Waals surface area contributed by atoms with Gasteiger partial charge >= 0.3 is 0 Å². The van der Waals surface area contributed by atoms with Gasteiger partial charge in [0, 0.05) is 18.3 Å². The third kappa shape index (κ3) is 2.05. The van der Waals surface area contributed by atoms with Gasteiger partial charge in [-0.1, -0.05) is 0 Å². The van der Waals surface area contributed by atoms with Gasteiger partial charge in [-0.2, -0.15) is 0 Å². The molecule has 4 nitrogen and oxygen atoms in total. The lowest BCUT2D eigenvalue weighted by molar-refractivity contribution is 0.553. The van der Waals surface area contributed by atoms with Crippen LogP contribution in [0.4, 0.5) is 0 Å². The van der Waals surface area contributed by atoms with Crippen molar-refractivity contribution in [2.45, 2.75) is 45.3 Å². The van der Waals surface area contributed by atoms with Crippen LogP contribution in [0.1, 0.15) is 38.6 Å². The quantitative estimate of drug-likeness (QED) is 0.876. The average molecular weight is 230 g/mol. The van der Waals surface area contributed by atoms with E-state index in [1.165, 1.54) is 18.4 Å². The summed E-state index contributed by atoms with van der Waals surface area (Å²) >= 11 is 0. The molecule has 1 N–H and O–H groups in total. The van der Waals surface area contributed by atoms with Crippen LogP contribution in [0, 0.1) is 0 Å². The highest BCUT2D eigenvalue weighted by atomic mass is 15.1. The van der Waals surface area contributed by atoms with Gasteiger partial charge in [-0.05, 0) is 32.8 Å². The highest BCUT2D eigenvalue weighted by molar-refractivity contribution is 5.74. The Labute approximate surface area is 101 Å². The third-order valence-electron chi connectivity index (χ3n) is 3.21. The lowest BCUT2D eigenvalue weighted by Gasteiger charge is -2.13. The van der Waals surface area contributed by atoms with Crippen LogP contribution in [0.25, 0.3) is 11.0 Å². The zero-order valence-electron chi connectivity index (χ0n) is 10.3. The van der Waals surface area contributed by atoms with Crippen molar-refractivity contribution in [1.82, 2.24) is 19.9 Å². The van der Waals surface area contributed by atoms with E-state index < -0.39 is 0 Å². The van der Waals surface area contributed by atoms with Gasteiger partial charge in [0.05, 0.1) is 18.3 Å². The molecule has 0 bridgehead atoms. The second-order valence-electron chi connectivity index (χ2n) is 5.01. The first-order valence-corrected chi connectivity index (χ1v) is 6.30. The molecular formula is C13H18N4. The summed E-state index contributed by atoms with van der Waals surface area (Å²) in [7, 11) is 0. The maximum atomic E-state index is 4.67. The van der Waals surface area contributed by atoms with Crippen LogP contribution in [-0.2, 0) is 6.54 Å². The minimum absolute atomic E-state index is 0.429. The molecule has 2 aromatic rings. The largest absolute Gasteiger partial charge is 0.324 e. The van der Waals surface area contributed by atoms with E-state index in [1.807, 2.05) is 18.5 Å². The van der Waals surface area contributed by atoms with Crippen molar-refractivity contribution < 1.29 is 0 Å². The number of fused-ring (bicyclic) bond motifs is 1. The van der Waals surface area contributed by atoms with Gasteiger partial charge in [-0.15, -0.1) is 0 Å². The molecule has 1 aliphatic carbocycles. The van der Waals surface area contributed by atoms with Crippen LogP contribution < -0.4 is 5.32 Å². The van der Waals surface area contributed by atoms with Crippen LogP contribution in [-0.4, -0.2) is 20.6 Å². The number of nitrogens with one attached hydrogen (secondary N) is 1. The van der Waals surface area contributed by atoms with Crippen LogP contribution in [0.5, 0.6) is 0 Å². The Hall–Kier alpha value is -1.42. The van der Waals surface area contributed by atoms with E-state index >= 15 is 0 Å². The number of nitrogens with zero attached hydrogens (tertiary/aromatic N) is 3. The molecular weight excluding hydrogens is 212 g/mol. The first kappa shape index (κ1) is 10.7. The molecule has 2 aromatic heterocycles. The van der Waals surface area contributed by atoms with Crippen molar-refractivity contribution >= 4 is 11.0 Å². The minimum atomic E-state index is 0.429. The molecule has 0 atom stereocenters. The number of imidazole rings is 1. The smallest absolute Gasteiger partial charge is 0.124 e. The van der Waals surface area contributed by atoms with Gasteiger partial charge in [0.15, 0.2) is 0 Å². The van der Waals surface area contributed by atoms with Gasteiger partial charge < -0.3 is 9.88 Å². The fourth-order valence-electron chi connectivity index (χ4n) is 2.22. The van der Waals surface area contributed by atoms with E-state index in [4.69, 9.17) is 0 Å². The lowest BCUT2D eigenvalue weighted by atomic mass is 10.3. The topological polar surface area (TPSA) is 42.7 Å². The summed E-state index contributed by atoms with van der Waals surface area (Å²) in [5, 5.41) is 3.53. The number of aromatic nitrogens is 3. The van der Waals surface area contributed by atoms with Crippen LogP contribution >= 0.6 is 0 Å². The minimum Gasteiger partial charge on any atom is -0.324 e. The lowest BCUT2D eigenvalue weighted by Crippen LogP contribution is -2.19. The summed E-state index contributed by atoms with van der Waals surface area (Å²) in [6.07, 6.45) is 6.29. The summed E-state index contributed by atoms with van der Waals surface area (Å²) in [6, 6.07) is 3.19. The molecule has 0 unspecified atom stereocenters. The molecule has 0 aliphatic heterocycles. The van der Waals surface area contributed by atoms with Gasteiger partial charge in [0.1, 0.15) is 11.3 Å². The molecule has 0 spiro atoms. The first-order chi connectivity index (χ1) is 8.25. The van der Waals surface area contributed by atoms with Gasteiger partial charge in [0.25, 0.3) is 0 Å². The first-order valence-electron chi connectivity index (χ1n) is 6.30. The van der Waals surface area contributed by atoms with Gasteiger partial charge in [-0.3, -0.25) is 4.98 Å². The summed E-state index contributed by atoms with van der Waals surface area (Å²) < 4.78 is 2.30. The Bertz CT molecular complexity index is 525. The normalized spacial score (nSPS) is 15.9. The molecule has 17 heavy (non-hydrogen) atoms. The Balaban J connectivity index is 1.98. The molecule has 0 aromatic carbocycles. The van der Waals surface area contributed by atoms with Gasteiger partial charge in [-0.25, -0.2) is 4.98 Å². The molecule has 0 radical (unpaired) electrons. The predicted octanol–water partition coefficient (Wildman–Crippen LogP) is 2.26. The Morgan fingerprint density at radius 1 is 1.47 bits per heavy atom. The number of pyridine rings is 1. The summed E-state index contributed by atoms with van der Waals surface area (Å²) in [5.74, 6) is 1.12. The summed E-state index contributed by atoms with van der Waals surface area (Å²) in [5.41, 5.74) is 2.18. The number of hydrogen-bond acceptors (Lipinski definition) is 3. The second kappa shape index (κ2) is 4.11. The van der Waals surface area contributed by atoms with E-state index in [0.717, 1.165) is 17.9 Å². The summed E-state index contributed by atoms with van der Waals surface area (Å²) in [6.45, 7) is 5.25. The van der Waals surface area contributed by atoms with Crippen molar-refractivity contribution in [3.05, 3.63) is 24.3 Å². The van der Waals surface area contributed by atoms with E-state index in [0.29, 0.717) is 12.1 Å². The molecule has 1 fully saturated rings. The fourth-order valence-corrected chi connectivity index (χ4v) is 2.22. The zero-order valence-corrected chi connectivity index (χ0v) is 10.3. The molecule has 1 saturated carbocycles. The third-order valence-corrected chi connectivity index (χ3v) is 3.21. The number of rotatable bonds is 4. The van der Waals surface area contributed by atoms with Gasteiger partial charge in [0.2, 0.25) is 0 Å². The van der Waals surface area contributed by atoms with Crippen LogP contribution in [0.2, 0.25) is 0 Å². The number of hydrogen-bond donors (Lipinski definition) is 1. The Morgan fingerprint density at radius 3 is 3.00 bits per heavy atom. The monoisotopic (exact) mass is 230 g/mol. The molecule has 90 valence electrons. The summed E-state index contributed by atoms with van der Waals surface area (Å²) in [4.78, 5) is 8.81. The Morgan fingerprint density at radius 2 is 2.29 bits per heavy atom.